The molecule has 17 heavy (non-hydrogen) atoms. The van der Waals surface area contributed by atoms with E-state index in [0.717, 1.165) is 5.69 Å². The Morgan fingerprint density at radius 3 is 2.94 bits per heavy atom. The maximum absolute atomic E-state index is 8.80. The second-order valence-corrected chi connectivity index (χ2v) is 3.48. The standard InChI is InChI=1S/C12H7N5/c13-8-9-4-6-17-11(7-9)15-12(16-17)10-3-1-2-5-14-10/h1-7H. The third-order valence-corrected chi connectivity index (χ3v) is 2.36. The zero-order chi connectivity index (χ0) is 11.7. The minimum atomic E-state index is 0.556. The molecule has 3 aromatic heterocycles. The number of nitriles is 1. The number of hydrogen-bond donors (Lipinski definition) is 0. The van der Waals surface area contributed by atoms with E-state index in [2.05, 4.69) is 21.1 Å². The lowest BCUT2D eigenvalue weighted by molar-refractivity contribution is 0.961. The van der Waals surface area contributed by atoms with Crippen LogP contribution in [0.15, 0.2) is 42.7 Å². The van der Waals surface area contributed by atoms with Crippen molar-refractivity contribution in [3.8, 4) is 17.6 Å². The smallest absolute Gasteiger partial charge is 0.200 e. The normalized spacial score (nSPS) is 10.3. The summed E-state index contributed by atoms with van der Waals surface area (Å²) in [5.41, 5.74) is 1.93. The molecule has 0 N–H and O–H groups in total. The fraction of sp³-hybridized carbons (Fsp3) is 0. The molecule has 0 radical (unpaired) electrons. The van der Waals surface area contributed by atoms with Crippen LogP contribution >= 0.6 is 0 Å². The van der Waals surface area contributed by atoms with Crippen LogP contribution in [0.25, 0.3) is 17.2 Å². The molecular weight excluding hydrogens is 214 g/mol. The van der Waals surface area contributed by atoms with Gasteiger partial charge in [-0.2, -0.15) is 5.26 Å². The lowest BCUT2D eigenvalue weighted by Gasteiger charge is -1.90. The van der Waals surface area contributed by atoms with Gasteiger partial charge >= 0.3 is 0 Å². The minimum Gasteiger partial charge on any atom is -0.253 e. The van der Waals surface area contributed by atoms with Gasteiger partial charge in [0.25, 0.3) is 0 Å². The van der Waals surface area contributed by atoms with Gasteiger partial charge in [-0.1, -0.05) is 6.07 Å². The predicted octanol–water partition coefficient (Wildman–Crippen LogP) is 1.66. The number of hydrogen-bond acceptors (Lipinski definition) is 4. The summed E-state index contributed by atoms with van der Waals surface area (Å²) >= 11 is 0. The van der Waals surface area contributed by atoms with Crippen LogP contribution in [0.5, 0.6) is 0 Å². The van der Waals surface area contributed by atoms with E-state index in [9.17, 15) is 0 Å². The maximum atomic E-state index is 8.80. The molecule has 0 aliphatic heterocycles. The summed E-state index contributed by atoms with van der Waals surface area (Å²) in [5.74, 6) is 0.556. The summed E-state index contributed by atoms with van der Waals surface area (Å²) in [4.78, 5) is 8.51. The molecule has 0 atom stereocenters. The van der Waals surface area contributed by atoms with Crippen molar-refractivity contribution >= 4 is 5.65 Å². The summed E-state index contributed by atoms with van der Waals surface area (Å²) < 4.78 is 1.63. The highest BCUT2D eigenvalue weighted by atomic mass is 15.3. The quantitative estimate of drug-likeness (QED) is 0.626. The molecule has 3 heterocycles. The highest BCUT2D eigenvalue weighted by Crippen LogP contribution is 2.13. The Morgan fingerprint density at radius 2 is 2.18 bits per heavy atom. The zero-order valence-electron chi connectivity index (χ0n) is 8.78. The van der Waals surface area contributed by atoms with Crippen LogP contribution in [0.4, 0.5) is 0 Å². The molecule has 0 aliphatic rings. The molecule has 0 fully saturated rings. The van der Waals surface area contributed by atoms with Gasteiger partial charge in [-0.15, -0.1) is 5.10 Å². The Morgan fingerprint density at radius 1 is 1.24 bits per heavy atom. The monoisotopic (exact) mass is 221 g/mol. The topological polar surface area (TPSA) is 66.9 Å². The summed E-state index contributed by atoms with van der Waals surface area (Å²) in [6.45, 7) is 0. The summed E-state index contributed by atoms with van der Waals surface area (Å²) in [6, 6.07) is 11.0. The van der Waals surface area contributed by atoms with Gasteiger partial charge in [0, 0.05) is 18.5 Å². The molecule has 0 aromatic carbocycles. The highest BCUT2D eigenvalue weighted by molar-refractivity contribution is 5.55. The number of fused-ring (bicyclic) bond motifs is 1. The van der Waals surface area contributed by atoms with Crippen LogP contribution in [0, 0.1) is 11.3 Å². The van der Waals surface area contributed by atoms with E-state index in [4.69, 9.17) is 5.26 Å². The van der Waals surface area contributed by atoms with Gasteiger partial charge in [0.2, 0.25) is 5.82 Å². The molecule has 0 bridgehead atoms. The molecule has 0 saturated heterocycles. The fourth-order valence-electron chi connectivity index (χ4n) is 1.55. The molecule has 3 aromatic rings. The number of aromatic nitrogens is 4. The maximum Gasteiger partial charge on any atom is 0.200 e. The van der Waals surface area contributed by atoms with E-state index in [-0.39, 0.29) is 0 Å². The lowest BCUT2D eigenvalue weighted by atomic mass is 10.3. The van der Waals surface area contributed by atoms with Gasteiger partial charge in [-0.3, -0.25) is 4.98 Å². The average molecular weight is 221 g/mol. The van der Waals surface area contributed by atoms with Crippen LogP contribution in [-0.4, -0.2) is 19.6 Å². The first-order valence-electron chi connectivity index (χ1n) is 5.05. The molecule has 5 heteroatoms. The Kier molecular flexibility index (Phi) is 2.06. The van der Waals surface area contributed by atoms with Gasteiger partial charge in [0.15, 0.2) is 5.65 Å². The predicted molar refractivity (Wildman–Crippen MR) is 60.9 cm³/mol. The Hall–Kier alpha value is -2.74. The van der Waals surface area contributed by atoms with E-state index >= 15 is 0 Å². The number of nitrogens with zero attached hydrogens (tertiary/aromatic N) is 5. The van der Waals surface area contributed by atoms with Crippen molar-refractivity contribution in [3.63, 3.8) is 0 Å². The van der Waals surface area contributed by atoms with Gasteiger partial charge in [-0.05, 0) is 18.2 Å². The van der Waals surface area contributed by atoms with Crippen molar-refractivity contribution < 1.29 is 0 Å². The van der Waals surface area contributed by atoms with Gasteiger partial charge < -0.3 is 0 Å². The molecule has 0 spiro atoms. The van der Waals surface area contributed by atoms with Crippen molar-refractivity contribution in [2.45, 2.75) is 0 Å². The third kappa shape index (κ3) is 1.62. The minimum absolute atomic E-state index is 0.556. The first-order chi connectivity index (χ1) is 8.36. The Labute approximate surface area is 97.0 Å². The fourth-order valence-corrected chi connectivity index (χ4v) is 1.55. The molecule has 80 valence electrons. The summed E-state index contributed by atoms with van der Waals surface area (Å²) in [6.07, 6.45) is 3.41. The van der Waals surface area contributed by atoms with Crippen LogP contribution < -0.4 is 0 Å². The second-order valence-electron chi connectivity index (χ2n) is 3.48. The molecule has 0 aliphatic carbocycles. The molecule has 3 rings (SSSR count). The van der Waals surface area contributed by atoms with Crippen molar-refractivity contribution in [1.82, 2.24) is 19.6 Å². The van der Waals surface area contributed by atoms with Gasteiger partial charge in [0.1, 0.15) is 5.69 Å². The van der Waals surface area contributed by atoms with Crippen molar-refractivity contribution in [1.29, 1.82) is 5.26 Å². The zero-order valence-corrected chi connectivity index (χ0v) is 8.78. The van der Waals surface area contributed by atoms with Crippen molar-refractivity contribution in [3.05, 3.63) is 48.3 Å². The van der Waals surface area contributed by atoms with Crippen LogP contribution in [0.2, 0.25) is 0 Å². The first-order valence-corrected chi connectivity index (χ1v) is 5.05. The Balaban J connectivity index is 2.18. The molecular formula is C12H7N5. The second kappa shape index (κ2) is 3.68. The number of rotatable bonds is 1. The van der Waals surface area contributed by atoms with Gasteiger partial charge in [-0.25, -0.2) is 9.50 Å². The van der Waals surface area contributed by atoms with E-state index in [1.807, 2.05) is 18.2 Å². The third-order valence-electron chi connectivity index (χ3n) is 2.36. The van der Waals surface area contributed by atoms with E-state index in [1.165, 1.54) is 0 Å². The Bertz CT molecular complexity index is 709. The van der Waals surface area contributed by atoms with Crippen LogP contribution in [0.3, 0.4) is 0 Å². The van der Waals surface area contributed by atoms with Crippen molar-refractivity contribution in [2.75, 3.05) is 0 Å². The first kappa shape index (κ1) is 9.48. The summed E-state index contributed by atoms with van der Waals surface area (Å²) in [5, 5.41) is 13.1. The van der Waals surface area contributed by atoms with Crippen LogP contribution in [-0.2, 0) is 0 Å². The highest BCUT2D eigenvalue weighted by Gasteiger charge is 2.07. The van der Waals surface area contributed by atoms with Gasteiger partial charge in [0.05, 0.1) is 11.6 Å². The number of pyridine rings is 2. The van der Waals surface area contributed by atoms with Crippen LogP contribution in [0.1, 0.15) is 5.56 Å². The molecule has 0 amide bonds. The lowest BCUT2D eigenvalue weighted by Crippen LogP contribution is -1.87. The molecule has 5 nitrogen and oxygen atoms in total. The van der Waals surface area contributed by atoms with Crippen molar-refractivity contribution in [2.24, 2.45) is 0 Å². The molecule has 0 saturated carbocycles. The summed E-state index contributed by atoms with van der Waals surface area (Å²) in [7, 11) is 0. The average Bonchev–Trinajstić information content (AvgIpc) is 2.82. The SMILES string of the molecule is N#Cc1ccn2nc(-c3ccccn3)nc2c1. The van der Waals surface area contributed by atoms with E-state index in [1.54, 1.807) is 29.0 Å². The van der Waals surface area contributed by atoms with E-state index in [0.29, 0.717) is 17.0 Å². The molecule has 0 unspecified atom stereocenters. The largest absolute Gasteiger partial charge is 0.253 e. The van der Waals surface area contributed by atoms with E-state index < -0.39 is 0 Å².